The molecular formula is C14H21ClN2O. The van der Waals surface area contributed by atoms with Crippen molar-refractivity contribution < 1.29 is 4.74 Å². The van der Waals surface area contributed by atoms with Gasteiger partial charge in [-0.25, -0.2) is 0 Å². The molecule has 2 rings (SSSR count). The van der Waals surface area contributed by atoms with Crippen LogP contribution in [0.2, 0.25) is 5.02 Å². The summed E-state index contributed by atoms with van der Waals surface area (Å²) < 4.78 is 5.44. The molecule has 1 aliphatic rings. The van der Waals surface area contributed by atoms with E-state index < -0.39 is 0 Å². The Bertz CT molecular complexity index is 403. The smallest absolute Gasteiger partial charge is 0.141 e. The zero-order valence-corrected chi connectivity index (χ0v) is 11.9. The number of methoxy groups -OCH3 is 1. The third-order valence-corrected chi connectivity index (χ3v) is 3.68. The molecule has 0 spiro atoms. The van der Waals surface area contributed by atoms with Gasteiger partial charge < -0.3 is 10.1 Å². The third kappa shape index (κ3) is 3.16. The minimum absolute atomic E-state index is 0.724. The average molecular weight is 269 g/mol. The highest BCUT2D eigenvalue weighted by atomic mass is 35.5. The van der Waals surface area contributed by atoms with Gasteiger partial charge >= 0.3 is 0 Å². The summed E-state index contributed by atoms with van der Waals surface area (Å²) in [5.74, 6) is 0.826. The van der Waals surface area contributed by atoms with Crippen molar-refractivity contribution in [3.63, 3.8) is 0 Å². The Labute approximate surface area is 114 Å². The number of hydrogen-bond acceptors (Lipinski definition) is 3. The average Bonchev–Trinajstić information content (AvgIpc) is 2.39. The molecule has 0 aliphatic carbocycles. The van der Waals surface area contributed by atoms with Gasteiger partial charge in [-0.3, -0.25) is 4.90 Å². The summed E-state index contributed by atoms with van der Waals surface area (Å²) in [6.07, 6.45) is 0.998. The number of aryl methyl sites for hydroxylation is 1. The number of nitrogens with one attached hydrogen (secondary N) is 1. The Morgan fingerprint density at radius 2 is 2.06 bits per heavy atom. The monoisotopic (exact) mass is 268 g/mol. The molecule has 18 heavy (non-hydrogen) atoms. The number of rotatable bonds is 4. The second-order valence-corrected chi connectivity index (χ2v) is 5.06. The highest BCUT2D eigenvalue weighted by Crippen LogP contribution is 2.31. The van der Waals surface area contributed by atoms with Crippen molar-refractivity contribution in [2.45, 2.75) is 19.9 Å². The van der Waals surface area contributed by atoms with E-state index in [2.05, 4.69) is 23.2 Å². The van der Waals surface area contributed by atoms with Crippen LogP contribution in [-0.4, -0.2) is 38.2 Å². The van der Waals surface area contributed by atoms with Crippen molar-refractivity contribution in [2.75, 3.05) is 33.3 Å². The van der Waals surface area contributed by atoms with E-state index in [0.29, 0.717) is 0 Å². The first-order valence-corrected chi connectivity index (χ1v) is 6.90. The Kier molecular flexibility index (Phi) is 4.87. The van der Waals surface area contributed by atoms with Gasteiger partial charge in [0.1, 0.15) is 5.75 Å². The number of benzene rings is 1. The van der Waals surface area contributed by atoms with E-state index >= 15 is 0 Å². The van der Waals surface area contributed by atoms with E-state index in [1.165, 1.54) is 11.1 Å². The lowest BCUT2D eigenvalue weighted by atomic mass is 10.1. The quantitative estimate of drug-likeness (QED) is 0.907. The van der Waals surface area contributed by atoms with Crippen LogP contribution < -0.4 is 10.1 Å². The first-order chi connectivity index (χ1) is 8.74. The first kappa shape index (κ1) is 13.7. The second-order valence-electron chi connectivity index (χ2n) is 4.65. The molecule has 1 aromatic rings. The molecule has 1 aromatic carbocycles. The van der Waals surface area contributed by atoms with Crippen molar-refractivity contribution in [1.82, 2.24) is 10.2 Å². The lowest BCUT2D eigenvalue weighted by molar-refractivity contribution is 0.230. The summed E-state index contributed by atoms with van der Waals surface area (Å²) in [5, 5.41) is 4.09. The number of hydrogen-bond donors (Lipinski definition) is 1. The fraction of sp³-hybridized carbons (Fsp3) is 0.571. The summed E-state index contributed by atoms with van der Waals surface area (Å²) in [6, 6.07) is 4.22. The highest BCUT2D eigenvalue weighted by molar-refractivity contribution is 6.32. The fourth-order valence-electron chi connectivity index (χ4n) is 2.37. The summed E-state index contributed by atoms with van der Waals surface area (Å²) in [7, 11) is 1.69. The van der Waals surface area contributed by atoms with Gasteiger partial charge in [-0.05, 0) is 18.1 Å². The van der Waals surface area contributed by atoms with E-state index in [9.17, 15) is 0 Å². The van der Waals surface area contributed by atoms with Gasteiger partial charge in [0.25, 0.3) is 0 Å². The number of halogens is 1. The van der Waals surface area contributed by atoms with Gasteiger partial charge in [0, 0.05) is 38.3 Å². The summed E-state index contributed by atoms with van der Waals surface area (Å²) in [4.78, 5) is 2.43. The van der Waals surface area contributed by atoms with Crippen molar-refractivity contribution in [2.24, 2.45) is 0 Å². The highest BCUT2D eigenvalue weighted by Gasteiger charge is 2.15. The lowest BCUT2D eigenvalue weighted by Gasteiger charge is -2.28. The van der Waals surface area contributed by atoms with Crippen molar-refractivity contribution >= 4 is 11.6 Å². The topological polar surface area (TPSA) is 24.5 Å². The number of nitrogens with zero attached hydrogens (tertiary/aromatic N) is 1. The van der Waals surface area contributed by atoms with Crippen LogP contribution in [0.4, 0.5) is 0 Å². The lowest BCUT2D eigenvalue weighted by Crippen LogP contribution is -2.42. The van der Waals surface area contributed by atoms with Crippen LogP contribution in [-0.2, 0) is 13.0 Å². The molecule has 100 valence electrons. The maximum Gasteiger partial charge on any atom is 0.141 e. The predicted octanol–water partition coefficient (Wildman–Crippen LogP) is 2.32. The standard InChI is InChI=1S/C14H21ClN2O/c1-3-11-8-12(14(18-2)13(15)9-11)10-17-6-4-16-5-7-17/h8-9,16H,3-7,10H2,1-2H3. The molecule has 0 bridgehead atoms. The molecule has 1 N–H and O–H groups in total. The number of ether oxygens (including phenoxy) is 1. The van der Waals surface area contributed by atoms with Crippen LogP contribution in [0.15, 0.2) is 12.1 Å². The SMILES string of the molecule is CCc1cc(Cl)c(OC)c(CN2CCNCC2)c1. The first-order valence-electron chi connectivity index (χ1n) is 6.53. The van der Waals surface area contributed by atoms with Crippen LogP contribution in [0.3, 0.4) is 0 Å². The van der Waals surface area contributed by atoms with E-state index in [4.69, 9.17) is 16.3 Å². The largest absolute Gasteiger partial charge is 0.495 e. The summed E-state index contributed by atoms with van der Waals surface area (Å²) >= 11 is 6.28. The van der Waals surface area contributed by atoms with Crippen LogP contribution in [0, 0.1) is 0 Å². The molecule has 0 aromatic heterocycles. The van der Waals surface area contributed by atoms with Crippen LogP contribution in [0.1, 0.15) is 18.1 Å². The van der Waals surface area contributed by atoms with E-state index in [1.807, 2.05) is 6.07 Å². The van der Waals surface area contributed by atoms with Crippen LogP contribution in [0.5, 0.6) is 5.75 Å². The molecule has 0 unspecified atom stereocenters. The van der Waals surface area contributed by atoms with Gasteiger partial charge in [-0.1, -0.05) is 24.6 Å². The molecule has 0 atom stereocenters. The molecular weight excluding hydrogens is 248 g/mol. The van der Waals surface area contributed by atoms with Gasteiger partial charge in [-0.15, -0.1) is 0 Å². The summed E-state index contributed by atoms with van der Waals surface area (Å²) in [5.41, 5.74) is 2.47. The van der Waals surface area contributed by atoms with E-state index in [0.717, 1.165) is 49.9 Å². The Balaban J connectivity index is 2.20. The Hall–Kier alpha value is -0.770. The van der Waals surface area contributed by atoms with Gasteiger partial charge in [0.2, 0.25) is 0 Å². The molecule has 1 heterocycles. The maximum absolute atomic E-state index is 6.28. The fourth-order valence-corrected chi connectivity index (χ4v) is 2.71. The van der Waals surface area contributed by atoms with Crippen LogP contribution >= 0.6 is 11.6 Å². The van der Waals surface area contributed by atoms with E-state index in [-0.39, 0.29) is 0 Å². The predicted molar refractivity (Wildman–Crippen MR) is 75.5 cm³/mol. The third-order valence-electron chi connectivity index (χ3n) is 3.40. The van der Waals surface area contributed by atoms with Crippen molar-refractivity contribution in [3.8, 4) is 5.75 Å². The van der Waals surface area contributed by atoms with Crippen LogP contribution in [0.25, 0.3) is 0 Å². The Morgan fingerprint density at radius 1 is 1.33 bits per heavy atom. The minimum Gasteiger partial charge on any atom is -0.495 e. The molecule has 1 fully saturated rings. The summed E-state index contributed by atoms with van der Waals surface area (Å²) in [6.45, 7) is 7.34. The number of piperazine rings is 1. The van der Waals surface area contributed by atoms with Crippen molar-refractivity contribution in [3.05, 3.63) is 28.3 Å². The molecule has 0 radical (unpaired) electrons. The molecule has 1 aliphatic heterocycles. The Morgan fingerprint density at radius 3 is 2.67 bits per heavy atom. The molecule has 0 amide bonds. The zero-order chi connectivity index (χ0) is 13.0. The normalized spacial score (nSPS) is 16.8. The van der Waals surface area contributed by atoms with Gasteiger partial charge in [0.15, 0.2) is 0 Å². The second kappa shape index (κ2) is 6.41. The van der Waals surface area contributed by atoms with Crippen molar-refractivity contribution in [1.29, 1.82) is 0 Å². The minimum atomic E-state index is 0.724. The molecule has 3 nitrogen and oxygen atoms in total. The maximum atomic E-state index is 6.28. The van der Waals surface area contributed by atoms with Gasteiger partial charge in [-0.2, -0.15) is 0 Å². The molecule has 4 heteroatoms. The van der Waals surface area contributed by atoms with Gasteiger partial charge in [0.05, 0.1) is 12.1 Å². The zero-order valence-electron chi connectivity index (χ0n) is 11.1. The molecule has 1 saturated heterocycles. The van der Waals surface area contributed by atoms with E-state index in [1.54, 1.807) is 7.11 Å². The molecule has 0 saturated carbocycles.